The van der Waals surface area contributed by atoms with Gasteiger partial charge < -0.3 is 16.0 Å². The van der Waals surface area contributed by atoms with Gasteiger partial charge in [-0.15, -0.1) is 11.3 Å². The second-order valence-corrected chi connectivity index (χ2v) is 11.4. The summed E-state index contributed by atoms with van der Waals surface area (Å²) >= 11 is 1.57. The van der Waals surface area contributed by atoms with Crippen molar-refractivity contribution in [1.82, 2.24) is 30.5 Å². The lowest BCUT2D eigenvalue weighted by molar-refractivity contribution is -0.135. The maximum absolute atomic E-state index is 13.1. The Morgan fingerprint density at radius 1 is 1.11 bits per heavy atom. The number of rotatable bonds is 10. The molecule has 0 radical (unpaired) electrons. The summed E-state index contributed by atoms with van der Waals surface area (Å²) < 4.78 is 29.0. The van der Waals surface area contributed by atoms with Gasteiger partial charge in [-0.3, -0.25) is 14.3 Å². The molecule has 10 nitrogen and oxygen atoms in total. The first-order valence-corrected chi connectivity index (χ1v) is 14.1. The monoisotopic (exact) mass is 530 g/mol. The fraction of sp³-hybridized carbons (Fsp3) is 0.375. The maximum atomic E-state index is 13.1. The van der Waals surface area contributed by atoms with E-state index in [4.69, 9.17) is 0 Å². The summed E-state index contributed by atoms with van der Waals surface area (Å²) in [4.78, 5) is 27.2. The van der Waals surface area contributed by atoms with E-state index in [1.54, 1.807) is 46.5 Å². The number of nitrogens with one attached hydrogen (secondary N) is 4. The van der Waals surface area contributed by atoms with Crippen molar-refractivity contribution in [3.05, 3.63) is 59.6 Å². The van der Waals surface area contributed by atoms with Gasteiger partial charge in [-0.2, -0.15) is 5.10 Å². The Kier molecular flexibility index (Phi) is 8.19. The molecule has 0 spiro atoms. The predicted octanol–water partition coefficient (Wildman–Crippen LogP) is 1.25. The zero-order valence-electron chi connectivity index (χ0n) is 20.0. The van der Waals surface area contributed by atoms with E-state index in [1.165, 1.54) is 0 Å². The Morgan fingerprint density at radius 2 is 1.86 bits per heavy atom. The normalized spacial score (nSPS) is 15.4. The zero-order valence-corrected chi connectivity index (χ0v) is 21.6. The highest BCUT2D eigenvalue weighted by Gasteiger charge is 2.40. The third-order valence-electron chi connectivity index (χ3n) is 6.02. The molecule has 4 rings (SSSR count). The van der Waals surface area contributed by atoms with Crippen molar-refractivity contribution >= 4 is 33.2 Å². The predicted molar refractivity (Wildman–Crippen MR) is 138 cm³/mol. The number of carbonyl (C=O) groups is 2. The van der Waals surface area contributed by atoms with Crippen LogP contribution in [0.1, 0.15) is 18.4 Å². The second kappa shape index (κ2) is 11.3. The summed E-state index contributed by atoms with van der Waals surface area (Å²) in [6.07, 6.45) is 2.60. The molecule has 1 aromatic carbocycles. The minimum Gasteiger partial charge on any atom is -0.353 e. The minimum absolute atomic E-state index is 0.00974. The molecule has 1 fully saturated rings. The van der Waals surface area contributed by atoms with Crippen molar-refractivity contribution < 1.29 is 18.0 Å². The zero-order chi connectivity index (χ0) is 25.6. The molecule has 36 heavy (non-hydrogen) atoms. The van der Waals surface area contributed by atoms with E-state index < -0.39 is 15.6 Å². The van der Waals surface area contributed by atoms with Gasteiger partial charge in [0.15, 0.2) is 0 Å². The van der Waals surface area contributed by atoms with E-state index in [0.29, 0.717) is 25.9 Å². The molecule has 0 bridgehead atoms. The number of aryl methyl sites for hydroxylation is 1. The average molecular weight is 531 g/mol. The molecular weight excluding hydrogens is 500 g/mol. The van der Waals surface area contributed by atoms with Crippen LogP contribution in [-0.2, 0) is 26.2 Å². The molecule has 4 N–H and O–H groups in total. The second-order valence-electron chi connectivity index (χ2n) is 8.72. The standard InChI is InChI=1S/C24H30N6O4S2/c1-18-4-6-19(7-5-18)36(33,34)27-14-13-26-23(32)24(9-11-25-12-10-24)28-22(31)17-30-15-8-20(29-30)21-3-2-16-35-21/h2-8,15-16,25,27H,9-14,17H2,1H3,(H,26,32)(H,28,31). The van der Waals surface area contributed by atoms with Gasteiger partial charge in [0.1, 0.15) is 17.8 Å². The van der Waals surface area contributed by atoms with Gasteiger partial charge in [-0.25, -0.2) is 13.1 Å². The topological polar surface area (TPSA) is 134 Å². The van der Waals surface area contributed by atoms with Crippen LogP contribution in [0.15, 0.2) is 58.9 Å². The van der Waals surface area contributed by atoms with Crippen molar-refractivity contribution in [3.63, 3.8) is 0 Å². The largest absolute Gasteiger partial charge is 0.353 e. The smallest absolute Gasteiger partial charge is 0.245 e. The molecule has 0 aliphatic carbocycles. The first-order chi connectivity index (χ1) is 17.3. The van der Waals surface area contributed by atoms with Crippen molar-refractivity contribution in [2.24, 2.45) is 0 Å². The van der Waals surface area contributed by atoms with Crippen LogP contribution in [-0.4, -0.2) is 61.7 Å². The van der Waals surface area contributed by atoms with Crippen molar-refractivity contribution in [2.45, 2.75) is 36.7 Å². The molecule has 1 aliphatic heterocycles. The Bertz CT molecular complexity index is 1280. The van der Waals surface area contributed by atoms with Gasteiger partial charge in [0.25, 0.3) is 0 Å². The van der Waals surface area contributed by atoms with Gasteiger partial charge in [0, 0.05) is 19.3 Å². The van der Waals surface area contributed by atoms with Crippen LogP contribution < -0.4 is 20.7 Å². The first kappa shape index (κ1) is 26.0. The fourth-order valence-corrected chi connectivity index (χ4v) is 5.78. The number of hydrogen-bond acceptors (Lipinski definition) is 7. The summed E-state index contributed by atoms with van der Waals surface area (Å²) in [6, 6.07) is 12.3. The van der Waals surface area contributed by atoms with Gasteiger partial charge in [-0.05, 0) is 62.5 Å². The van der Waals surface area contributed by atoms with E-state index in [9.17, 15) is 18.0 Å². The van der Waals surface area contributed by atoms with Crippen molar-refractivity contribution in [2.75, 3.05) is 26.2 Å². The van der Waals surface area contributed by atoms with Crippen LogP contribution in [0, 0.1) is 6.92 Å². The summed E-state index contributed by atoms with van der Waals surface area (Å²) in [5.74, 6) is -0.639. The number of thiophene rings is 1. The maximum Gasteiger partial charge on any atom is 0.245 e. The van der Waals surface area contributed by atoms with Gasteiger partial charge in [-0.1, -0.05) is 23.8 Å². The molecule has 0 saturated carbocycles. The summed E-state index contributed by atoms with van der Waals surface area (Å²) in [5.41, 5.74) is 0.688. The minimum atomic E-state index is -3.67. The Morgan fingerprint density at radius 3 is 2.56 bits per heavy atom. The van der Waals surface area contributed by atoms with Gasteiger partial charge in [0.2, 0.25) is 21.8 Å². The molecule has 3 aromatic rings. The molecule has 192 valence electrons. The molecule has 12 heteroatoms. The average Bonchev–Trinajstić information content (AvgIpc) is 3.55. The molecule has 0 atom stereocenters. The lowest BCUT2D eigenvalue weighted by Gasteiger charge is -2.37. The van der Waals surface area contributed by atoms with Crippen LogP contribution >= 0.6 is 11.3 Å². The number of hydrogen-bond donors (Lipinski definition) is 4. The first-order valence-electron chi connectivity index (χ1n) is 11.7. The Labute approximate surface area is 214 Å². The third kappa shape index (κ3) is 6.38. The highest BCUT2D eigenvalue weighted by molar-refractivity contribution is 7.89. The molecule has 1 aliphatic rings. The van der Waals surface area contributed by atoms with Crippen LogP contribution in [0.3, 0.4) is 0 Å². The number of aromatic nitrogens is 2. The van der Waals surface area contributed by atoms with Crippen molar-refractivity contribution in [1.29, 1.82) is 0 Å². The van der Waals surface area contributed by atoms with Gasteiger partial charge >= 0.3 is 0 Å². The number of nitrogens with zero attached hydrogens (tertiary/aromatic N) is 2. The fourth-order valence-electron chi connectivity index (χ4n) is 4.05. The Hall–Kier alpha value is -3.06. The number of piperidine rings is 1. The van der Waals surface area contributed by atoms with E-state index in [-0.39, 0.29) is 36.3 Å². The van der Waals surface area contributed by atoms with E-state index in [1.807, 2.05) is 30.5 Å². The van der Waals surface area contributed by atoms with Crippen LogP contribution in [0.5, 0.6) is 0 Å². The van der Waals surface area contributed by atoms with E-state index in [2.05, 4.69) is 25.8 Å². The number of amides is 2. The molecule has 2 aromatic heterocycles. The summed E-state index contributed by atoms with van der Waals surface area (Å²) in [5, 5.41) is 15.3. The number of sulfonamides is 1. The van der Waals surface area contributed by atoms with E-state index >= 15 is 0 Å². The Balaban J connectivity index is 1.32. The SMILES string of the molecule is Cc1ccc(S(=O)(=O)NCCNC(=O)C2(NC(=O)Cn3ccc(-c4cccs4)n3)CCNCC2)cc1. The summed E-state index contributed by atoms with van der Waals surface area (Å²) in [7, 11) is -3.67. The lowest BCUT2D eigenvalue weighted by atomic mass is 9.87. The third-order valence-corrected chi connectivity index (χ3v) is 8.39. The van der Waals surface area contributed by atoms with Crippen LogP contribution in [0.4, 0.5) is 0 Å². The number of carbonyl (C=O) groups excluding carboxylic acids is 2. The molecule has 1 saturated heterocycles. The highest BCUT2D eigenvalue weighted by Crippen LogP contribution is 2.22. The molecule has 0 unspecified atom stereocenters. The van der Waals surface area contributed by atoms with Crippen LogP contribution in [0.2, 0.25) is 0 Å². The molecule has 3 heterocycles. The highest BCUT2D eigenvalue weighted by atomic mass is 32.2. The molecule has 2 amide bonds. The summed E-state index contributed by atoms with van der Waals surface area (Å²) in [6.45, 7) is 3.16. The van der Waals surface area contributed by atoms with E-state index in [0.717, 1.165) is 16.1 Å². The quantitative estimate of drug-likeness (QED) is 0.292. The lowest BCUT2D eigenvalue weighted by Crippen LogP contribution is -2.63. The molecular formula is C24H30N6O4S2. The van der Waals surface area contributed by atoms with Crippen molar-refractivity contribution in [3.8, 4) is 10.6 Å². The van der Waals surface area contributed by atoms with Gasteiger partial charge in [0.05, 0.1) is 9.77 Å². The van der Waals surface area contributed by atoms with Crippen LogP contribution in [0.25, 0.3) is 10.6 Å². The number of benzene rings is 1.